The third kappa shape index (κ3) is 4.61. The van der Waals surface area contributed by atoms with Crippen LogP contribution in [-0.2, 0) is 14.8 Å². The minimum absolute atomic E-state index is 0.102. The van der Waals surface area contributed by atoms with Gasteiger partial charge in [0.2, 0.25) is 10.0 Å². The number of thiazole rings is 1. The average molecular weight is 472 g/mol. The second kappa shape index (κ2) is 9.11. The zero-order valence-corrected chi connectivity index (χ0v) is 19.8. The first-order valence-electron chi connectivity index (χ1n) is 10.3. The molecule has 2 heterocycles. The SMILES string of the molecule is Cc1ccc(C)c(-c2csc(NC(=O)c3cc(S(=O)(=O)N4CCOCC4)ccc3C)n2)c1. The number of hydrogen-bond donors (Lipinski definition) is 1. The van der Waals surface area contributed by atoms with Gasteiger partial charge in [-0.25, -0.2) is 13.4 Å². The fraction of sp³-hybridized carbons (Fsp3) is 0.304. The fourth-order valence-corrected chi connectivity index (χ4v) is 5.71. The molecular weight excluding hydrogens is 446 g/mol. The van der Waals surface area contributed by atoms with Crippen molar-refractivity contribution < 1.29 is 17.9 Å². The number of benzene rings is 2. The normalized spacial score (nSPS) is 15.0. The second-order valence-electron chi connectivity index (χ2n) is 7.80. The molecule has 32 heavy (non-hydrogen) atoms. The number of amides is 1. The monoisotopic (exact) mass is 471 g/mol. The van der Waals surface area contributed by atoms with E-state index < -0.39 is 10.0 Å². The number of nitrogens with zero attached hydrogens (tertiary/aromatic N) is 2. The quantitative estimate of drug-likeness (QED) is 0.607. The van der Waals surface area contributed by atoms with E-state index in [0.717, 1.165) is 22.4 Å². The number of aryl methyl sites for hydroxylation is 3. The van der Waals surface area contributed by atoms with Crippen molar-refractivity contribution >= 4 is 32.4 Å². The van der Waals surface area contributed by atoms with Crippen molar-refractivity contribution in [2.24, 2.45) is 0 Å². The minimum Gasteiger partial charge on any atom is -0.379 e. The summed E-state index contributed by atoms with van der Waals surface area (Å²) in [5.74, 6) is -0.386. The number of carbonyl (C=O) groups excluding carboxylic acids is 1. The van der Waals surface area contributed by atoms with Crippen molar-refractivity contribution in [1.82, 2.24) is 9.29 Å². The highest BCUT2D eigenvalue weighted by Crippen LogP contribution is 2.29. The van der Waals surface area contributed by atoms with Crippen molar-refractivity contribution in [1.29, 1.82) is 0 Å². The third-order valence-electron chi connectivity index (χ3n) is 5.46. The molecule has 3 aromatic rings. The zero-order chi connectivity index (χ0) is 22.9. The van der Waals surface area contributed by atoms with Gasteiger partial charge in [0.25, 0.3) is 5.91 Å². The highest BCUT2D eigenvalue weighted by atomic mass is 32.2. The van der Waals surface area contributed by atoms with Crippen molar-refractivity contribution in [3.05, 3.63) is 64.0 Å². The van der Waals surface area contributed by atoms with E-state index in [1.165, 1.54) is 21.7 Å². The molecule has 1 aliphatic rings. The molecule has 0 bridgehead atoms. The molecule has 7 nitrogen and oxygen atoms in total. The van der Waals surface area contributed by atoms with Crippen LogP contribution in [-0.4, -0.2) is 49.9 Å². The van der Waals surface area contributed by atoms with E-state index in [2.05, 4.69) is 22.4 Å². The summed E-state index contributed by atoms with van der Waals surface area (Å²) in [6.45, 7) is 7.17. The predicted octanol–water partition coefficient (Wildman–Crippen LogP) is 4.01. The van der Waals surface area contributed by atoms with Crippen molar-refractivity contribution in [2.75, 3.05) is 31.6 Å². The molecule has 0 radical (unpaired) electrons. The Morgan fingerprint density at radius 2 is 1.78 bits per heavy atom. The molecule has 1 N–H and O–H groups in total. The smallest absolute Gasteiger partial charge is 0.257 e. The van der Waals surface area contributed by atoms with Crippen LogP contribution in [0.3, 0.4) is 0 Å². The van der Waals surface area contributed by atoms with Gasteiger partial charge in [0.15, 0.2) is 5.13 Å². The van der Waals surface area contributed by atoms with Gasteiger partial charge < -0.3 is 4.74 Å². The van der Waals surface area contributed by atoms with Crippen LogP contribution >= 0.6 is 11.3 Å². The molecule has 0 spiro atoms. The molecule has 168 valence electrons. The summed E-state index contributed by atoms with van der Waals surface area (Å²) < 4.78 is 32.6. The van der Waals surface area contributed by atoms with E-state index in [1.54, 1.807) is 19.1 Å². The van der Waals surface area contributed by atoms with E-state index in [1.807, 2.05) is 25.3 Å². The highest BCUT2D eigenvalue weighted by molar-refractivity contribution is 7.89. The first-order valence-corrected chi connectivity index (χ1v) is 12.6. The van der Waals surface area contributed by atoms with E-state index in [9.17, 15) is 13.2 Å². The maximum Gasteiger partial charge on any atom is 0.257 e. The van der Waals surface area contributed by atoms with Gasteiger partial charge in [0.05, 0.1) is 23.8 Å². The van der Waals surface area contributed by atoms with Gasteiger partial charge in [-0.1, -0.05) is 23.8 Å². The second-order valence-corrected chi connectivity index (χ2v) is 10.6. The highest BCUT2D eigenvalue weighted by Gasteiger charge is 2.27. The molecule has 1 amide bonds. The number of nitrogens with one attached hydrogen (secondary N) is 1. The van der Waals surface area contributed by atoms with E-state index in [-0.39, 0.29) is 10.8 Å². The van der Waals surface area contributed by atoms with E-state index >= 15 is 0 Å². The lowest BCUT2D eigenvalue weighted by atomic mass is 10.0. The first kappa shape index (κ1) is 22.6. The Balaban J connectivity index is 1.57. The zero-order valence-electron chi connectivity index (χ0n) is 18.2. The Morgan fingerprint density at radius 3 is 2.53 bits per heavy atom. The van der Waals surface area contributed by atoms with Crippen molar-refractivity contribution in [3.8, 4) is 11.3 Å². The third-order valence-corrected chi connectivity index (χ3v) is 8.11. The topological polar surface area (TPSA) is 88.6 Å². The average Bonchev–Trinajstić information content (AvgIpc) is 3.24. The standard InChI is InChI=1S/C23H25N3O4S2/c1-15-4-5-16(2)19(12-15)21-14-31-23(24-21)25-22(27)20-13-18(7-6-17(20)3)32(28,29)26-8-10-30-11-9-26/h4-7,12-14H,8-11H2,1-3H3,(H,24,25,27). The maximum atomic E-state index is 13.0. The van der Waals surface area contributed by atoms with Crippen LogP contribution in [0.2, 0.25) is 0 Å². The minimum atomic E-state index is -3.69. The summed E-state index contributed by atoms with van der Waals surface area (Å²) in [4.78, 5) is 17.7. The van der Waals surface area contributed by atoms with Crippen LogP contribution in [0.4, 0.5) is 5.13 Å². The maximum absolute atomic E-state index is 13.0. The Morgan fingerprint density at radius 1 is 1.06 bits per heavy atom. The van der Waals surface area contributed by atoms with Crippen LogP contribution in [0.5, 0.6) is 0 Å². The summed E-state index contributed by atoms with van der Waals surface area (Å²) in [6.07, 6.45) is 0. The Kier molecular flexibility index (Phi) is 6.43. The molecule has 0 atom stereocenters. The Bertz CT molecular complexity index is 1260. The number of aromatic nitrogens is 1. The summed E-state index contributed by atoms with van der Waals surface area (Å²) in [6, 6.07) is 10.8. The van der Waals surface area contributed by atoms with Gasteiger partial charge in [-0.2, -0.15) is 4.31 Å². The lowest BCUT2D eigenvalue weighted by Crippen LogP contribution is -2.40. The van der Waals surface area contributed by atoms with E-state index in [0.29, 0.717) is 42.6 Å². The van der Waals surface area contributed by atoms with Crippen LogP contribution in [0.1, 0.15) is 27.0 Å². The predicted molar refractivity (Wildman–Crippen MR) is 126 cm³/mol. The van der Waals surface area contributed by atoms with Gasteiger partial charge in [0.1, 0.15) is 0 Å². The van der Waals surface area contributed by atoms with Crippen LogP contribution in [0.15, 0.2) is 46.7 Å². The van der Waals surface area contributed by atoms with Crippen LogP contribution in [0, 0.1) is 20.8 Å². The Hall–Kier alpha value is -2.59. The summed E-state index contributed by atoms with van der Waals surface area (Å²) in [5.41, 5.74) is 5.06. The molecule has 9 heteroatoms. The fourth-order valence-electron chi connectivity index (χ4n) is 3.57. The number of sulfonamides is 1. The van der Waals surface area contributed by atoms with Gasteiger partial charge >= 0.3 is 0 Å². The first-order chi connectivity index (χ1) is 15.3. The molecule has 1 aliphatic heterocycles. The molecule has 1 saturated heterocycles. The summed E-state index contributed by atoms with van der Waals surface area (Å²) in [7, 11) is -3.69. The number of anilines is 1. The van der Waals surface area contributed by atoms with Crippen LogP contribution in [0.25, 0.3) is 11.3 Å². The molecule has 1 aromatic heterocycles. The van der Waals surface area contributed by atoms with Crippen molar-refractivity contribution in [3.63, 3.8) is 0 Å². The molecule has 1 fully saturated rings. The Labute approximate surface area is 192 Å². The van der Waals surface area contributed by atoms with E-state index in [4.69, 9.17) is 4.74 Å². The summed E-state index contributed by atoms with van der Waals surface area (Å²) >= 11 is 1.34. The molecule has 0 unspecified atom stereocenters. The molecule has 2 aromatic carbocycles. The number of hydrogen-bond acceptors (Lipinski definition) is 6. The molecular formula is C23H25N3O4S2. The largest absolute Gasteiger partial charge is 0.379 e. The number of rotatable bonds is 5. The summed E-state index contributed by atoms with van der Waals surface area (Å²) in [5, 5.41) is 5.19. The van der Waals surface area contributed by atoms with Gasteiger partial charge in [-0.15, -0.1) is 11.3 Å². The lowest BCUT2D eigenvalue weighted by molar-refractivity contribution is 0.0730. The van der Waals surface area contributed by atoms with Gasteiger partial charge in [-0.05, 0) is 50.1 Å². The van der Waals surface area contributed by atoms with Gasteiger partial charge in [0, 0.05) is 29.6 Å². The molecule has 4 rings (SSSR count). The lowest BCUT2D eigenvalue weighted by Gasteiger charge is -2.26. The molecule has 0 aliphatic carbocycles. The van der Waals surface area contributed by atoms with Gasteiger partial charge in [-0.3, -0.25) is 10.1 Å². The van der Waals surface area contributed by atoms with Crippen molar-refractivity contribution in [2.45, 2.75) is 25.7 Å². The number of morpholine rings is 1. The molecule has 0 saturated carbocycles. The number of carbonyl (C=O) groups is 1. The van der Waals surface area contributed by atoms with Crippen LogP contribution < -0.4 is 5.32 Å². The number of ether oxygens (including phenoxy) is 1.